The van der Waals surface area contributed by atoms with Crippen molar-refractivity contribution in [3.8, 4) is 5.75 Å². The van der Waals surface area contributed by atoms with E-state index in [1.54, 1.807) is 16.7 Å². The first-order valence-electron chi connectivity index (χ1n) is 9.55. The van der Waals surface area contributed by atoms with Gasteiger partial charge in [0.15, 0.2) is 0 Å². The third kappa shape index (κ3) is 2.96. The maximum Gasteiger partial charge on any atom is 0.143 e. The van der Waals surface area contributed by atoms with Gasteiger partial charge in [-0.25, -0.2) is 0 Å². The van der Waals surface area contributed by atoms with Crippen molar-refractivity contribution in [2.75, 3.05) is 37.7 Å². The van der Waals surface area contributed by atoms with Crippen LogP contribution in [0, 0.1) is 5.92 Å². The van der Waals surface area contributed by atoms with Crippen LogP contribution < -0.4 is 15.0 Å². The SMILES string of the molecule is CCC(C)CN1CCOc2cc3c(c(C4CC4)c21)CCNCC3. The smallest absolute Gasteiger partial charge is 0.143 e. The number of nitrogens with zero attached hydrogens (tertiary/aromatic N) is 1. The lowest BCUT2D eigenvalue weighted by Gasteiger charge is -2.36. The molecule has 2 heterocycles. The van der Waals surface area contributed by atoms with Gasteiger partial charge < -0.3 is 15.0 Å². The van der Waals surface area contributed by atoms with Crippen molar-refractivity contribution < 1.29 is 4.74 Å². The third-order valence-electron chi connectivity index (χ3n) is 5.78. The highest BCUT2D eigenvalue weighted by Gasteiger charge is 2.35. The zero-order chi connectivity index (χ0) is 15.8. The van der Waals surface area contributed by atoms with Crippen LogP contribution in [0.15, 0.2) is 6.07 Å². The van der Waals surface area contributed by atoms with E-state index in [1.807, 2.05) is 0 Å². The molecule has 3 nitrogen and oxygen atoms in total. The predicted molar refractivity (Wildman–Crippen MR) is 95.9 cm³/mol. The molecule has 0 saturated heterocycles. The lowest BCUT2D eigenvalue weighted by Crippen LogP contribution is -2.37. The van der Waals surface area contributed by atoms with Crippen molar-refractivity contribution in [3.05, 3.63) is 22.8 Å². The van der Waals surface area contributed by atoms with E-state index in [2.05, 4.69) is 30.1 Å². The predicted octanol–water partition coefficient (Wildman–Crippen LogP) is 3.50. The molecular weight excluding hydrogens is 284 g/mol. The molecule has 0 bridgehead atoms. The number of fused-ring (bicyclic) bond motifs is 2. The zero-order valence-electron chi connectivity index (χ0n) is 14.7. The standard InChI is InChI=1S/C20H30N2O/c1-3-14(2)13-22-10-11-23-18-12-16-6-8-21-9-7-17(16)19(20(18)22)15-4-5-15/h12,14-15,21H,3-11,13H2,1-2H3. The van der Waals surface area contributed by atoms with Crippen molar-refractivity contribution >= 4 is 5.69 Å². The van der Waals surface area contributed by atoms with Crippen LogP contribution in [-0.2, 0) is 12.8 Å². The molecule has 0 aromatic heterocycles. The van der Waals surface area contributed by atoms with Crippen molar-refractivity contribution in [2.45, 2.75) is 51.9 Å². The Morgan fingerprint density at radius 3 is 2.91 bits per heavy atom. The van der Waals surface area contributed by atoms with E-state index in [4.69, 9.17) is 4.74 Å². The highest BCUT2D eigenvalue weighted by Crippen LogP contribution is 2.51. The monoisotopic (exact) mass is 314 g/mol. The number of benzene rings is 1. The molecule has 1 aromatic rings. The van der Waals surface area contributed by atoms with Crippen LogP contribution in [0.25, 0.3) is 0 Å². The molecule has 1 N–H and O–H groups in total. The van der Waals surface area contributed by atoms with Crippen molar-refractivity contribution in [1.29, 1.82) is 0 Å². The average molecular weight is 314 g/mol. The molecule has 0 amide bonds. The van der Waals surface area contributed by atoms with Gasteiger partial charge >= 0.3 is 0 Å². The summed E-state index contributed by atoms with van der Waals surface area (Å²) in [6, 6.07) is 2.37. The number of hydrogen-bond donors (Lipinski definition) is 1. The van der Waals surface area contributed by atoms with Gasteiger partial charge in [-0.2, -0.15) is 0 Å². The second-order valence-corrected chi connectivity index (χ2v) is 7.61. The fraction of sp³-hybridized carbons (Fsp3) is 0.700. The van der Waals surface area contributed by atoms with Gasteiger partial charge in [-0.05, 0) is 73.4 Å². The van der Waals surface area contributed by atoms with Gasteiger partial charge in [-0.3, -0.25) is 0 Å². The molecule has 126 valence electrons. The Morgan fingerprint density at radius 1 is 1.30 bits per heavy atom. The van der Waals surface area contributed by atoms with Crippen LogP contribution in [0.4, 0.5) is 5.69 Å². The third-order valence-corrected chi connectivity index (χ3v) is 5.78. The fourth-order valence-electron chi connectivity index (χ4n) is 4.16. The summed E-state index contributed by atoms with van der Waals surface area (Å²) in [5, 5.41) is 3.57. The topological polar surface area (TPSA) is 24.5 Å². The molecular formula is C20H30N2O. The van der Waals surface area contributed by atoms with Crippen LogP contribution in [0.3, 0.4) is 0 Å². The molecule has 3 heteroatoms. The summed E-state index contributed by atoms with van der Waals surface area (Å²) in [6.45, 7) is 9.96. The lowest BCUT2D eigenvalue weighted by atomic mass is 9.90. The molecule has 4 rings (SSSR count). The first-order valence-corrected chi connectivity index (χ1v) is 9.55. The first-order chi connectivity index (χ1) is 11.3. The van der Waals surface area contributed by atoms with Crippen LogP contribution in [0.5, 0.6) is 5.75 Å². The Bertz CT molecular complexity index is 579. The molecule has 3 aliphatic rings. The number of rotatable bonds is 4. The van der Waals surface area contributed by atoms with Gasteiger partial charge in [0.1, 0.15) is 12.4 Å². The van der Waals surface area contributed by atoms with Crippen molar-refractivity contribution in [2.24, 2.45) is 5.92 Å². The summed E-state index contributed by atoms with van der Waals surface area (Å²) in [5.74, 6) is 2.70. The van der Waals surface area contributed by atoms with Crippen molar-refractivity contribution in [1.82, 2.24) is 5.32 Å². The van der Waals surface area contributed by atoms with Gasteiger partial charge in [0.25, 0.3) is 0 Å². The summed E-state index contributed by atoms with van der Waals surface area (Å²) in [4.78, 5) is 2.64. The van der Waals surface area contributed by atoms with E-state index in [0.717, 1.165) is 44.5 Å². The quantitative estimate of drug-likeness (QED) is 0.920. The first kappa shape index (κ1) is 15.3. The van der Waals surface area contributed by atoms with Gasteiger partial charge in [0, 0.05) is 6.54 Å². The molecule has 1 aromatic carbocycles. The molecule has 1 atom stereocenters. The number of hydrogen-bond acceptors (Lipinski definition) is 3. The minimum atomic E-state index is 0.744. The Hall–Kier alpha value is -1.22. The number of ether oxygens (including phenoxy) is 1. The minimum Gasteiger partial charge on any atom is -0.490 e. The Labute approximate surface area is 140 Å². The van der Waals surface area contributed by atoms with E-state index < -0.39 is 0 Å². The van der Waals surface area contributed by atoms with E-state index >= 15 is 0 Å². The van der Waals surface area contributed by atoms with E-state index in [0.29, 0.717) is 0 Å². The summed E-state index contributed by atoms with van der Waals surface area (Å²) in [7, 11) is 0. The van der Waals surface area contributed by atoms with E-state index in [1.165, 1.54) is 43.7 Å². The molecule has 1 saturated carbocycles. The Kier molecular flexibility index (Phi) is 4.23. The lowest BCUT2D eigenvalue weighted by molar-refractivity contribution is 0.302. The average Bonchev–Trinajstić information content (AvgIpc) is 3.39. The Morgan fingerprint density at radius 2 is 2.13 bits per heavy atom. The number of nitrogens with one attached hydrogen (secondary N) is 1. The molecule has 2 aliphatic heterocycles. The molecule has 1 unspecified atom stereocenters. The second kappa shape index (κ2) is 6.35. The Balaban J connectivity index is 1.80. The van der Waals surface area contributed by atoms with Crippen LogP contribution in [0.2, 0.25) is 0 Å². The number of anilines is 1. The van der Waals surface area contributed by atoms with E-state index in [9.17, 15) is 0 Å². The maximum atomic E-state index is 6.13. The minimum absolute atomic E-state index is 0.744. The second-order valence-electron chi connectivity index (χ2n) is 7.61. The molecule has 1 aliphatic carbocycles. The van der Waals surface area contributed by atoms with E-state index in [-0.39, 0.29) is 0 Å². The summed E-state index contributed by atoms with van der Waals surface area (Å²) in [6.07, 6.45) is 6.32. The fourth-order valence-corrected chi connectivity index (χ4v) is 4.16. The van der Waals surface area contributed by atoms with Gasteiger partial charge in [-0.15, -0.1) is 0 Å². The highest BCUT2D eigenvalue weighted by atomic mass is 16.5. The summed E-state index contributed by atoms with van der Waals surface area (Å²) in [5.41, 5.74) is 6.31. The summed E-state index contributed by atoms with van der Waals surface area (Å²) < 4.78 is 6.13. The van der Waals surface area contributed by atoms with Gasteiger partial charge in [0.05, 0.1) is 12.2 Å². The molecule has 1 fully saturated rings. The molecule has 23 heavy (non-hydrogen) atoms. The molecule has 0 spiro atoms. The maximum absolute atomic E-state index is 6.13. The normalized spacial score (nSPS) is 21.9. The van der Waals surface area contributed by atoms with Crippen LogP contribution >= 0.6 is 0 Å². The van der Waals surface area contributed by atoms with Gasteiger partial charge in [0.2, 0.25) is 0 Å². The largest absolute Gasteiger partial charge is 0.490 e. The highest BCUT2D eigenvalue weighted by molar-refractivity contribution is 5.71. The van der Waals surface area contributed by atoms with Crippen LogP contribution in [0.1, 0.15) is 55.7 Å². The van der Waals surface area contributed by atoms with Gasteiger partial charge in [-0.1, -0.05) is 20.3 Å². The zero-order valence-corrected chi connectivity index (χ0v) is 14.7. The van der Waals surface area contributed by atoms with Crippen LogP contribution in [-0.4, -0.2) is 32.8 Å². The van der Waals surface area contributed by atoms with Crippen molar-refractivity contribution in [3.63, 3.8) is 0 Å². The molecule has 0 radical (unpaired) electrons. The summed E-state index contributed by atoms with van der Waals surface area (Å²) >= 11 is 0.